The molecule has 3 aliphatic rings. The third-order valence-corrected chi connectivity index (χ3v) is 9.12. The Labute approximate surface area is 263 Å². The molecule has 0 unspecified atom stereocenters. The number of anilines is 2. The van der Waals surface area contributed by atoms with Gasteiger partial charge in [-0.2, -0.15) is 0 Å². The van der Waals surface area contributed by atoms with Crippen LogP contribution in [0.1, 0.15) is 12.5 Å². The van der Waals surface area contributed by atoms with Gasteiger partial charge in [-0.05, 0) is 49.9 Å². The number of fused-ring (bicyclic) bond motifs is 1. The minimum atomic E-state index is -0.0298. The zero-order valence-corrected chi connectivity index (χ0v) is 26.5. The molecule has 0 bridgehead atoms. The van der Waals surface area contributed by atoms with E-state index in [1.54, 1.807) is 11.8 Å². The van der Waals surface area contributed by atoms with E-state index in [0.29, 0.717) is 23.2 Å². The first-order valence-corrected chi connectivity index (χ1v) is 15.9. The van der Waals surface area contributed by atoms with E-state index in [4.69, 9.17) is 10.1 Å². The molecule has 0 aliphatic carbocycles. The number of benzene rings is 3. The van der Waals surface area contributed by atoms with Crippen LogP contribution in [-0.2, 0) is 14.3 Å². The van der Waals surface area contributed by atoms with Crippen molar-refractivity contribution >= 4 is 51.9 Å². The second-order valence-electron chi connectivity index (χ2n) is 10.1. The van der Waals surface area contributed by atoms with Crippen molar-refractivity contribution in [1.82, 2.24) is 9.80 Å². The Kier molecular flexibility index (Phi) is 12.3. The molecular weight excluding hydrogens is 579 g/mol. The van der Waals surface area contributed by atoms with Gasteiger partial charge in [-0.1, -0.05) is 78.0 Å². The van der Waals surface area contributed by atoms with Crippen LogP contribution in [0.4, 0.5) is 11.4 Å². The number of morpholine rings is 1. The lowest BCUT2D eigenvalue weighted by Crippen LogP contribution is -2.41. The SMILES string of the molecule is CCN1C(=N)S/C(=C2/CN(C)c3ccccc3S2)C1=O.Cc1ccccc1.O=C(CN1CCOCC1)Nc1ccccc1. The molecule has 2 amide bonds. The molecule has 0 aromatic heterocycles. The van der Waals surface area contributed by atoms with Gasteiger partial charge in [-0.3, -0.25) is 24.8 Å². The van der Waals surface area contributed by atoms with Crippen molar-refractivity contribution in [1.29, 1.82) is 5.41 Å². The van der Waals surface area contributed by atoms with Gasteiger partial charge in [-0.25, -0.2) is 0 Å². The fourth-order valence-corrected chi connectivity index (χ4v) is 6.86. The Hall–Kier alpha value is -3.57. The van der Waals surface area contributed by atoms with E-state index in [1.165, 1.54) is 32.8 Å². The first kappa shape index (κ1) is 32.3. The van der Waals surface area contributed by atoms with Gasteiger partial charge >= 0.3 is 0 Å². The van der Waals surface area contributed by atoms with E-state index in [0.717, 1.165) is 43.4 Å². The highest BCUT2D eigenvalue weighted by molar-refractivity contribution is 8.19. The molecule has 226 valence electrons. The number of thioether (sulfide) groups is 2. The molecule has 0 saturated carbocycles. The van der Waals surface area contributed by atoms with E-state index >= 15 is 0 Å². The summed E-state index contributed by atoms with van der Waals surface area (Å²) in [7, 11) is 2.03. The molecular formula is C33H39N5O3S2. The van der Waals surface area contributed by atoms with Crippen LogP contribution in [-0.4, -0.2) is 79.8 Å². The van der Waals surface area contributed by atoms with E-state index < -0.39 is 0 Å². The van der Waals surface area contributed by atoms with E-state index in [-0.39, 0.29) is 11.8 Å². The average molecular weight is 618 g/mol. The van der Waals surface area contributed by atoms with Crippen LogP contribution in [0.5, 0.6) is 0 Å². The fourth-order valence-electron chi connectivity index (χ4n) is 4.53. The lowest BCUT2D eigenvalue weighted by Gasteiger charge is -2.29. The number of carbonyl (C=O) groups excluding carboxylic acids is 2. The zero-order chi connectivity index (χ0) is 30.6. The molecule has 2 fully saturated rings. The number of carbonyl (C=O) groups is 2. The first-order valence-electron chi connectivity index (χ1n) is 14.3. The summed E-state index contributed by atoms with van der Waals surface area (Å²) in [6.45, 7) is 8.81. The number of nitrogens with zero attached hydrogens (tertiary/aromatic N) is 3. The molecule has 3 heterocycles. The second-order valence-corrected chi connectivity index (χ2v) is 12.2. The van der Waals surface area contributed by atoms with Crippen LogP contribution in [0.15, 0.2) is 99.6 Å². The summed E-state index contributed by atoms with van der Waals surface area (Å²) >= 11 is 2.93. The molecule has 0 radical (unpaired) electrons. The van der Waals surface area contributed by atoms with Crippen LogP contribution in [0.25, 0.3) is 0 Å². The summed E-state index contributed by atoms with van der Waals surface area (Å²) in [5, 5.41) is 11.1. The molecule has 10 heteroatoms. The van der Waals surface area contributed by atoms with E-state index in [1.807, 2.05) is 74.6 Å². The Balaban J connectivity index is 0.000000164. The average Bonchev–Trinajstić information content (AvgIpc) is 3.31. The van der Waals surface area contributed by atoms with Crippen LogP contribution in [0.2, 0.25) is 0 Å². The molecule has 2 saturated heterocycles. The predicted octanol–water partition coefficient (Wildman–Crippen LogP) is 5.92. The van der Waals surface area contributed by atoms with Crippen molar-refractivity contribution in [3.63, 3.8) is 0 Å². The van der Waals surface area contributed by atoms with Gasteiger partial charge < -0.3 is 15.0 Å². The zero-order valence-electron chi connectivity index (χ0n) is 24.9. The van der Waals surface area contributed by atoms with Crippen LogP contribution in [0.3, 0.4) is 0 Å². The van der Waals surface area contributed by atoms with E-state index in [2.05, 4.69) is 46.3 Å². The maximum absolute atomic E-state index is 12.3. The van der Waals surface area contributed by atoms with Gasteiger partial charge in [0.2, 0.25) is 5.91 Å². The van der Waals surface area contributed by atoms with E-state index in [9.17, 15) is 9.59 Å². The number of likely N-dealkylation sites (N-methyl/N-ethyl adjacent to an activating group) is 2. The second kappa shape index (κ2) is 16.3. The molecule has 0 spiro atoms. The van der Waals surface area contributed by atoms with Crippen LogP contribution >= 0.6 is 23.5 Å². The van der Waals surface area contributed by atoms with Crippen molar-refractivity contribution in [3.8, 4) is 0 Å². The molecule has 8 nitrogen and oxygen atoms in total. The Morgan fingerprint density at radius 3 is 2.16 bits per heavy atom. The first-order chi connectivity index (χ1) is 20.9. The highest BCUT2D eigenvalue weighted by Gasteiger charge is 2.35. The lowest BCUT2D eigenvalue weighted by atomic mass is 10.2. The largest absolute Gasteiger partial charge is 0.379 e. The molecule has 3 aliphatic heterocycles. The molecule has 0 atom stereocenters. The number of rotatable bonds is 4. The van der Waals surface area contributed by atoms with Crippen molar-refractivity contribution in [2.24, 2.45) is 0 Å². The number of hydrogen-bond donors (Lipinski definition) is 2. The Morgan fingerprint density at radius 1 is 0.930 bits per heavy atom. The van der Waals surface area contributed by atoms with Gasteiger partial charge in [-0.15, -0.1) is 0 Å². The fraction of sp³-hybridized carbons (Fsp3) is 0.303. The van der Waals surface area contributed by atoms with Gasteiger partial charge in [0.05, 0.1) is 36.9 Å². The highest BCUT2D eigenvalue weighted by atomic mass is 32.2. The Bertz CT molecular complexity index is 1410. The predicted molar refractivity (Wildman–Crippen MR) is 179 cm³/mol. The van der Waals surface area contributed by atoms with Crippen molar-refractivity contribution in [2.45, 2.75) is 18.7 Å². The van der Waals surface area contributed by atoms with Crippen molar-refractivity contribution in [3.05, 3.63) is 100 Å². The smallest absolute Gasteiger partial charge is 0.267 e. The highest BCUT2D eigenvalue weighted by Crippen LogP contribution is 2.45. The minimum absolute atomic E-state index is 0.0298. The van der Waals surface area contributed by atoms with Crippen molar-refractivity contribution < 1.29 is 14.3 Å². The number of ether oxygens (including phenoxy) is 1. The quantitative estimate of drug-likeness (QED) is 0.351. The van der Waals surface area contributed by atoms with Crippen LogP contribution < -0.4 is 10.2 Å². The monoisotopic (exact) mass is 617 g/mol. The topological polar surface area (TPSA) is 89.0 Å². The van der Waals surface area contributed by atoms with Crippen LogP contribution in [0, 0.1) is 12.3 Å². The number of para-hydroxylation sites is 2. The summed E-state index contributed by atoms with van der Waals surface area (Å²) in [5.74, 6) is 0.00545. The van der Waals surface area contributed by atoms with Gasteiger partial charge in [0.15, 0.2) is 5.17 Å². The number of aryl methyl sites for hydroxylation is 1. The van der Waals surface area contributed by atoms with Gasteiger partial charge in [0.1, 0.15) is 0 Å². The van der Waals surface area contributed by atoms with Gasteiger partial charge in [0.25, 0.3) is 5.91 Å². The van der Waals surface area contributed by atoms with Crippen molar-refractivity contribution in [2.75, 3.05) is 63.2 Å². The normalized spacial score (nSPS) is 18.2. The molecule has 2 N–H and O–H groups in total. The minimum Gasteiger partial charge on any atom is -0.379 e. The summed E-state index contributed by atoms with van der Waals surface area (Å²) < 4.78 is 5.23. The maximum Gasteiger partial charge on any atom is 0.267 e. The van der Waals surface area contributed by atoms with Gasteiger partial charge in [0, 0.05) is 42.2 Å². The number of amidine groups is 1. The maximum atomic E-state index is 12.3. The third kappa shape index (κ3) is 9.46. The molecule has 43 heavy (non-hydrogen) atoms. The summed E-state index contributed by atoms with van der Waals surface area (Å²) in [6.07, 6.45) is 0. The Morgan fingerprint density at radius 2 is 1.56 bits per heavy atom. The summed E-state index contributed by atoms with van der Waals surface area (Å²) in [6, 6.07) is 28.0. The molecule has 3 aromatic rings. The third-order valence-electron chi connectivity index (χ3n) is 6.81. The molecule has 3 aromatic carbocycles. The number of amides is 2. The molecule has 6 rings (SSSR count). The summed E-state index contributed by atoms with van der Waals surface area (Å²) in [5.41, 5.74) is 3.36. The summed E-state index contributed by atoms with van der Waals surface area (Å²) in [4.78, 5) is 32.7. The lowest BCUT2D eigenvalue weighted by molar-refractivity contribution is -0.122. The number of nitrogens with one attached hydrogen (secondary N) is 2. The standard InChI is InChI=1S/C14H15N3OS2.C12H16N2O2.C7H8/c1-3-17-13(18)12(20-14(17)15)11-8-16(2)9-6-4-5-7-10(9)19-11;15-12(10-14-6-8-16-9-7-14)13-11-4-2-1-3-5-11;1-7-5-3-2-4-6-7/h4-7,15H,3,8H2,1-2H3;1-5H,6-10H2,(H,13,15);2-6H,1H3/b12-11-,15-14?;;. The number of hydrogen-bond acceptors (Lipinski definition) is 8.